The largest absolute Gasteiger partial charge is 0.461 e. The van der Waals surface area contributed by atoms with Crippen LogP contribution in [0.2, 0.25) is 5.02 Å². The smallest absolute Gasteiger partial charge is 0.319 e. The standard InChI is InChI=1S/C31H31ClFN7O/c1-39(21-14-20(15-34)35-16-21)29-23-17-36-27(22-8-2-6-19-7-3-9-24(32)25(19)22)26(33)28(23)37-30(38-29)41-18-31-10-4-12-40(31)13-5-11-31/h2-3,6-9,17,20-21,35H,4-5,10-14,16,18H2,1H3/t20?,21-/m1/s1. The molecule has 0 saturated carbocycles. The van der Waals surface area contributed by atoms with E-state index in [0.29, 0.717) is 41.4 Å². The monoisotopic (exact) mass is 571 g/mol. The van der Waals surface area contributed by atoms with Crippen LogP contribution in [0.5, 0.6) is 6.01 Å². The van der Waals surface area contributed by atoms with Crippen LogP contribution in [0, 0.1) is 17.1 Å². The predicted molar refractivity (Wildman–Crippen MR) is 158 cm³/mol. The van der Waals surface area contributed by atoms with Gasteiger partial charge in [-0.15, -0.1) is 0 Å². The van der Waals surface area contributed by atoms with Crippen molar-refractivity contribution < 1.29 is 9.13 Å². The maximum absolute atomic E-state index is 16.6. The SMILES string of the molecule is CN(c1nc(OCC23CCCN2CCC3)nc2c(F)c(-c3cccc4cccc(Cl)c34)ncc12)[C@H]1CNC(C#N)C1. The average molecular weight is 572 g/mol. The van der Waals surface area contributed by atoms with Crippen molar-refractivity contribution in [2.75, 3.05) is 38.2 Å². The zero-order valence-corrected chi connectivity index (χ0v) is 23.7. The van der Waals surface area contributed by atoms with Gasteiger partial charge >= 0.3 is 6.01 Å². The van der Waals surface area contributed by atoms with Crippen LogP contribution in [-0.4, -0.2) is 70.8 Å². The van der Waals surface area contributed by atoms with E-state index < -0.39 is 5.82 Å². The number of ether oxygens (including phenoxy) is 1. The number of fused-ring (bicyclic) bond motifs is 3. The molecule has 3 aliphatic heterocycles. The van der Waals surface area contributed by atoms with E-state index in [9.17, 15) is 5.26 Å². The van der Waals surface area contributed by atoms with Crippen LogP contribution in [-0.2, 0) is 0 Å². The van der Waals surface area contributed by atoms with E-state index in [1.54, 1.807) is 12.3 Å². The van der Waals surface area contributed by atoms with Crippen LogP contribution >= 0.6 is 11.6 Å². The van der Waals surface area contributed by atoms with Crippen LogP contribution in [0.1, 0.15) is 32.1 Å². The number of aromatic nitrogens is 3. The summed E-state index contributed by atoms with van der Waals surface area (Å²) < 4.78 is 22.9. The summed E-state index contributed by atoms with van der Waals surface area (Å²) in [7, 11) is 1.92. The third-order valence-electron chi connectivity index (χ3n) is 9.18. The van der Waals surface area contributed by atoms with Crippen molar-refractivity contribution >= 4 is 39.1 Å². The van der Waals surface area contributed by atoms with Crippen LogP contribution < -0.4 is 15.0 Å². The molecular weight excluding hydrogens is 541 g/mol. The first-order chi connectivity index (χ1) is 20.0. The fourth-order valence-electron chi connectivity index (χ4n) is 6.98. The number of nitrogens with zero attached hydrogens (tertiary/aromatic N) is 6. The molecule has 0 amide bonds. The van der Waals surface area contributed by atoms with Crippen LogP contribution in [0.3, 0.4) is 0 Å². The lowest BCUT2D eigenvalue weighted by atomic mass is 9.95. The van der Waals surface area contributed by atoms with Crippen molar-refractivity contribution in [1.29, 1.82) is 5.26 Å². The summed E-state index contributed by atoms with van der Waals surface area (Å²) in [6.45, 7) is 3.27. The van der Waals surface area contributed by atoms with Gasteiger partial charge in [-0.1, -0.05) is 41.9 Å². The van der Waals surface area contributed by atoms with Gasteiger partial charge in [0.2, 0.25) is 0 Å². The van der Waals surface area contributed by atoms with Crippen LogP contribution in [0.25, 0.3) is 32.9 Å². The van der Waals surface area contributed by atoms with E-state index in [-0.39, 0.29) is 34.8 Å². The molecule has 0 radical (unpaired) electrons. The number of rotatable bonds is 6. The molecule has 3 fully saturated rings. The number of nitrogens with one attached hydrogen (secondary N) is 1. The number of hydrogen-bond acceptors (Lipinski definition) is 8. The maximum Gasteiger partial charge on any atom is 0.319 e. The molecule has 1 unspecified atom stereocenters. The van der Waals surface area contributed by atoms with Gasteiger partial charge in [-0.05, 0) is 56.6 Å². The number of likely N-dealkylation sites (N-methyl/N-ethyl adjacent to an activating group) is 1. The quantitative estimate of drug-likeness (QED) is 0.332. The Morgan fingerprint density at radius 2 is 1.98 bits per heavy atom. The highest BCUT2D eigenvalue weighted by Crippen LogP contribution is 2.40. The van der Waals surface area contributed by atoms with Crippen molar-refractivity contribution in [3.05, 3.63) is 53.4 Å². The number of halogens is 2. The minimum atomic E-state index is -0.544. The molecular formula is C31H31ClFN7O. The van der Waals surface area contributed by atoms with Crippen molar-refractivity contribution in [3.8, 4) is 23.3 Å². The molecule has 2 atom stereocenters. The number of benzene rings is 2. The lowest BCUT2D eigenvalue weighted by Crippen LogP contribution is -2.43. The highest BCUT2D eigenvalue weighted by atomic mass is 35.5. The third-order valence-corrected chi connectivity index (χ3v) is 9.49. The third kappa shape index (κ3) is 4.45. The Balaban J connectivity index is 1.34. The molecule has 0 bridgehead atoms. The number of hydrogen-bond donors (Lipinski definition) is 1. The zero-order chi connectivity index (χ0) is 28.1. The second-order valence-corrected chi connectivity index (χ2v) is 11.9. The Bertz CT molecular complexity index is 1680. The van der Waals surface area contributed by atoms with Crippen molar-refractivity contribution in [3.63, 3.8) is 0 Å². The van der Waals surface area contributed by atoms with E-state index in [0.717, 1.165) is 49.5 Å². The highest BCUT2D eigenvalue weighted by Gasteiger charge is 2.45. The van der Waals surface area contributed by atoms with Crippen molar-refractivity contribution in [1.82, 2.24) is 25.2 Å². The fourth-order valence-corrected chi connectivity index (χ4v) is 7.26. The minimum absolute atomic E-state index is 0.00141. The molecule has 2 aromatic heterocycles. The van der Waals surface area contributed by atoms with E-state index in [1.165, 1.54) is 0 Å². The van der Waals surface area contributed by atoms with Gasteiger partial charge in [0.15, 0.2) is 5.82 Å². The van der Waals surface area contributed by atoms with E-state index in [4.69, 9.17) is 21.3 Å². The van der Waals surface area contributed by atoms with Crippen LogP contribution in [0.15, 0.2) is 42.6 Å². The van der Waals surface area contributed by atoms with Gasteiger partial charge in [0.25, 0.3) is 0 Å². The fraction of sp³-hybridized carbons (Fsp3) is 0.419. The lowest BCUT2D eigenvalue weighted by molar-refractivity contribution is 0.108. The first-order valence-corrected chi connectivity index (χ1v) is 14.6. The Hall–Kier alpha value is -3.58. The Morgan fingerprint density at radius 3 is 2.73 bits per heavy atom. The molecule has 0 aliphatic carbocycles. The number of nitriles is 1. The average Bonchev–Trinajstić information content (AvgIpc) is 3.72. The normalized spacial score (nSPS) is 21.8. The molecule has 4 aromatic rings. The Kier molecular flexibility index (Phi) is 6.65. The number of anilines is 1. The molecule has 3 aliphatic rings. The predicted octanol–water partition coefficient (Wildman–Crippen LogP) is 5.33. The first kappa shape index (κ1) is 26.3. The minimum Gasteiger partial charge on any atom is -0.461 e. The summed E-state index contributed by atoms with van der Waals surface area (Å²) in [4.78, 5) is 18.6. The molecule has 10 heteroatoms. The van der Waals surface area contributed by atoms with Crippen molar-refractivity contribution in [2.45, 2.75) is 49.7 Å². The molecule has 210 valence electrons. The van der Waals surface area contributed by atoms with E-state index >= 15 is 4.39 Å². The molecule has 2 aromatic carbocycles. The summed E-state index contributed by atoms with van der Waals surface area (Å²) in [6.07, 6.45) is 6.75. The van der Waals surface area contributed by atoms with Gasteiger partial charge < -0.3 is 9.64 Å². The summed E-state index contributed by atoms with van der Waals surface area (Å²) in [6, 6.07) is 13.5. The van der Waals surface area contributed by atoms with Gasteiger partial charge in [-0.25, -0.2) is 4.39 Å². The zero-order valence-electron chi connectivity index (χ0n) is 22.9. The van der Waals surface area contributed by atoms with Gasteiger partial charge in [-0.2, -0.15) is 15.2 Å². The summed E-state index contributed by atoms with van der Waals surface area (Å²) in [5.41, 5.74) is 0.937. The van der Waals surface area contributed by atoms with Crippen LogP contribution in [0.4, 0.5) is 10.2 Å². The van der Waals surface area contributed by atoms with Gasteiger partial charge in [-0.3, -0.25) is 15.2 Å². The first-order valence-electron chi connectivity index (χ1n) is 14.2. The maximum atomic E-state index is 16.6. The number of pyridine rings is 1. The molecule has 41 heavy (non-hydrogen) atoms. The van der Waals surface area contributed by atoms with Gasteiger partial charge in [0.05, 0.1) is 23.0 Å². The molecule has 0 spiro atoms. The van der Waals surface area contributed by atoms with E-state index in [1.807, 2.05) is 42.3 Å². The Labute approximate surface area is 243 Å². The molecule has 3 saturated heterocycles. The van der Waals surface area contributed by atoms with Gasteiger partial charge in [0, 0.05) is 41.8 Å². The topological polar surface area (TPSA) is 90.2 Å². The highest BCUT2D eigenvalue weighted by molar-refractivity contribution is 6.36. The molecule has 8 nitrogen and oxygen atoms in total. The molecule has 1 N–H and O–H groups in total. The lowest BCUT2D eigenvalue weighted by Gasteiger charge is -2.31. The Morgan fingerprint density at radius 1 is 1.20 bits per heavy atom. The van der Waals surface area contributed by atoms with E-state index in [2.05, 4.69) is 26.3 Å². The second kappa shape index (κ2) is 10.4. The van der Waals surface area contributed by atoms with Crippen molar-refractivity contribution in [2.24, 2.45) is 0 Å². The van der Waals surface area contributed by atoms with Gasteiger partial charge in [0.1, 0.15) is 23.6 Å². The molecule has 5 heterocycles. The summed E-state index contributed by atoms with van der Waals surface area (Å²) in [5, 5.41) is 15.3. The summed E-state index contributed by atoms with van der Waals surface area (Å²) in [5.74, 6) is -0.00529. The second-order valence-electron chi connectivity index (χ2n) is 11.5. The molecule has 7 rings (SSSR count). The summed E-state index contributed by atoms with van der Waals surface area (Å²) >= 11 is 6.58.